The number of fused-ring (bicyclic) bond motifs is 6. The molecule has 0 fully saturated rings. The van der Waals surface area contributed by atoms with Crippen LogP contribution >= 0.6 is 0 Å². The van der Waals surface area contributed by atoms with E-state index in [1.165, 1.54) is 21.5 Å². The number of hydrogen-bond donors (Lipinski definition) is 0. The maximum Gasteiger partial charge on any atom is 0.180 e. The topological polar surface area (TPSA) is 52.1 Å². The summed E-state index contributed by atoms with van der Waals surface area (Å²) in [6.45, 7) is 0. The maximum atomic E-state index is 7.02. The van der Waals surface area contributed by atoms with E-state index in [4.69, 9.17) is 18.8 Å². The van der Waals surface area contributed by atoms with Crippen molar-refractivity contribution in [3.05, 3.63) is 158 Å². The molecule has 232 valence electrons. The van der Waals surface area contributed by atoms with Crippen molar-refractivity contribution in [2.24, 2.45) is 0 Å². The minimum absolute atomic E-state index is 0.670. The summed E-state index contributed by atoms with van der Waals surface area (Å²) >= 11 is 0. The predicted octanol–water partition coefficient (Wildman–Crippen LogP) is 12.7. The molecule has 11 rings (SSSR count). The van der Waals surface area contributed by atoms with Gasteiger partial charge < -0.3 is 8.83 Å². The normalized spacial score (nSPS) is 12.0. The van der Waals surface area contributed by atoms with E-state index in [0.29, 0.717) is 11.4 Å². The lowest BCUT2D eigenvalue weighted by Crippen LogP contribution is -1.93. The molecule has 50 heavy (non-hydrogen) atoms. The first-order valence-electron chi connectivity index (χ1n) is 16.8. The lowest BCUT2D eigenvalue weighted by molar-refractivity contribution is 0.667. The summed E-state index contributed by atoms with van der Waals surface area (Å²) in [6.07, 6.45) is 0. The summed E-state index contributed by atoms with van der Waals surface area (Å²) in [5.74, 6) is 0.670. The van der Waals surface area contributed by atoms with Gasteiger partial charge in [-0.25, -0.2) is 9.97 Å². The number of aromatic nitrogens is 2. The second kappa shape index (κ2) is 10.4. The largest absolute Gasteiger partial charge is 0.455 e. The van der Waals surface area contributed by atoms with Crippen LogP contribution in [-0.2, 0) is 0 Å². The molecule has 0 atom stereocenters. The van der Waals surface area contributed by atoms with E-state index in [0.717, 1.165) is 77.5 Å². The average molecular weight is 639 g/mol. The molecule has 0 N–H and O–H groups in total. The van der Waals surface area contributed by atoms with Crippen LogP contribution in [0, 0.1) is 0 Å². The van der Waals surface area contributed by atoms with Gasteiger partial charge in [0.05, 0.1) is 0 Å². The van der Waals surface area contributed by atoms with Gasteiger partial charge in [0.15, 0.2) is 11.4 Å². The highest BCUT2D eigenvalue weighted by molar-refractivity contribution is 6.35. The Morgan fingerprint density at radius 2 is 0.900 bits per heavy atom. The van der Waals surface area contributed by atoms with E-state index in [1.54, 1.807) is 0 Å². The lowest BCUT2D eigenvalue weighted by Gasteiger charge is -2.10. The number of rotatable bonds is 4. The standard InChI is InChI=1S/C46H26N2O2/c1-4-12-27(13-5-1)31-22-24-35-33-18-10-11-19-34(33)36-25-23-32(44-40(36)39(35)43(31)50-44)30-20-21-37-38(26-30)49-45-41(28-14-6-2-7-15-28)47-46(48-42(37)45)29-16-8-3-9-17-29/h1-26H. The van der Waals surface area contributed by atoms with Crippen LogP contribution in [0.2, 0.25) is 0 Å². The molecule has 4 nitrogen and oxygen atoms in total. The summed E-state index contributed by atoms with van der Waals surface area (Å²) in [4.78, 5) is 10.1. The SMILES string of the molecule is c1ccc(-c2nc(-c3ccccc3)c3oc4cc(-c5ccc6c7ccccc7c7ccc(-c8ccccc8)c8oc5c6c87)ccc4c3n2)cc1. The highest BCUT2D eigenvalue weighted by Crippen LogP contribution is 2.48. The molecular formula is C46H26N2O2. The van der Waals surface area contributed by atoms with Gasteiger partial charge in [0.1, 0.15) is 28.0 Å². The summed E-state index contributed by atoms with van der Waals surface area (Å²) in [6, 6.07) is 54.8. The van der Waals surface area contributed by atoms with Gasteiger partial charge in [0, 0.05) is 38.4 Å². The van der Waals surface area contributed by atoms with Crippen molar-refractivity contribution in [1.29, 1.82) is 0 Å². The third-order valence-electron chi connectivity index (χ3n) is 10.1. The lowest BCUT2D eigenvalue weighted by atomic mass is 9.90. The van der Waals surface area contributed by atoms with E-state index in [1.807, 2.05) is 54.6 Å². The smallest absolute Gasteiger partial charge is 0.180 e. The zero-order valence-corrected chi connectivity index (χ0v) is 26.7. The summed E-state index contributed by atoms with van der Waals surface area (Å²) < 4.78 is 13.7. The van der Waals surface area contributed by atoms with E-state index in [2.05, 4.69) is 103 Å². The van der Waals surface area contributed by atoms with Gasteiger partial charge in [0.2, 0.25) is 0 Å². The first kappa shape index (κ1) is 27.2. The van der Waals surface area contributed by atoms with Crippen LogP contribution in [0.25, 0.3) is 110 Å². The van der Waals surface area contributed by atoms with E-state index >= 15 is 0 Å². The molecule has 0 radical (unpaired) electrons. The van der Waals surface area contributed by atoms with E-state index in [-0.39, 0.29) is 0 Å². The molecule has 3 aromatic heterocycles. The minimum Gasteiger partial charge on any atom is -0.455 e. The predicted molar refractivity (Wildman–Crippen MR) is 205 cm³/mol. The van der Waals surface area contributed by atoms with Crippen molar-refractivity contribution in [3.63, 3.8) is 0 Å². The van der Waals surface area contributed by atoms with Crippen LogP contribution in [-0.4, -0.2) is 9.97 Å². The molecule has 0 amide bonds. The first-order chi connectivity index (χ1) is 24.8. The zero-order chi connectivity index (χ0) is 32.8. The van der Waals surface area contributed by atoms with Crippen molar-refractivity contribution >= 4 is 65.6 Å². The molecule has 0 bridgehead atoms. The molecule has 8 aromatic carbocycles. The molecule has 0 aliphatic carbocycles. The number of furan rings is 2. The van der Waals surface area contributed by atoms with Crippen LogP contribution in [0.4, 0.5) is 0 Å². The average Bonchev–Trinajstić information content (AvgIpc) is 3.77. The molecule has 0 saturated carbocycles. The monoisotopic (exact) mass is 638 g/mol. The Bertz CT molecular complexity index is 3070. The van der Waals surface area contributed by atoms with Crippen molar-refractivity contribution in [1.82, 2.24) is 9.97 Å². The van der Waals surface area contributed by atoms with Gasteiger partial charge in [0.25, 0.3) is 0 Å². The first-order valence-corrected chi connectivity index (χ1v) is 16.8. The second-order valence-corrected chi connectivity index (χ2v) is 12.9. The minimum atomic E-state index is 0.670. The Labute approximate surface area is 286 Å². The fourth-order valence-electron chi connectivity index (χ4n) is 7.77. The van der Waals surface area contributed by atoms with Crippen LogP contribution in [0.5, 0.6) is 0 Å². The van der Waals surface area contributed by atoms with E-state index < -0.39 is 0 Å². The fourth-order valence-corrected chi connectivity index (χ4v) is 7.77. The van der Waals surface area contributed by atoms with Gasteiger partial charge in [-0.1, -0.05) is 133 Å². The summed E-state index contributed by atoms with van der Waals surface area (Å²) in [5.41, 5.74) is 11.0. The third kappa shape index (κ3) is 3.87. The molecule has 3 heterocycles. The summed E-state index contributed by atoms with van der Waals surface area (Å²) in [5, 5.41) is 8.11. The maximum absolute atomic E-state index is 7.02. The molecule has 0 aliphatic rings. The van der Waals surface area contributed by atoms with Gasteiger partial charge in [-0.3, -0.25) is 0 Å². The van der Waals surface area contributed by atoms with Crippen LogP contribution in [0.3, 0.4) is 0 Å². The van der Waals surface area contributed by atoms with Crippen molar-refractivity contribution < 1.29 is 8.83 Å². The molecule has 0 aliphatic heterocycles. The van der Waals surface area contributed by atoms with Gasteiger partial charge in [-0.15, -0.1) is 0 Å². The number of benzene rings is 8. The highest BCUT2D eigenvalue weighted by atomic mass is 16.3. The van der Waals surface area contributed by atoms with Crippen LogP contribution in [0.15, 0.2) is 167 Å². The zero-order valence-electron chi connectivity index (χ0n) is 26.7. The molecular weight excluding hydrogens is 613 g/mol. The van der Waals surface area contributed by atoms with E-state index in [9.17, 15) is 0 Å². The molecule has 0 unspecified atom stereocenters. The fraction of sp³-hybridized carbons (Fsp3) is 0. The highest BCUT2D eigenvalue weighted by Gasteiger charge is 2.24. The van der Waals surface area contributed by atoms with Gasteiger partial charge in [-0.2, -0.15) is 0 Å². The molecule has 11 aromatic rings. The molecule has 4 heteroatoms. The van der Waals surface area contributed by atoms with Crippen molar-refractivity contribution in [2.45, 2.75) is 0 Å². The Balaban J connectivity index is 1.18. The van der Waals surface area contributed by atoms with Gasteiger partial charge >= 0.3 is 0 Å². The quantitative estimate of drug-likeness (QED) is 0.180. The number of nitrogens with zero attached hydrogens (tertiary/aromatic N) is 2. The van der Waals surface area contributed by atoms with Crippen LogP contribution in [0.1, 0.15) is 0 Å². The number of hydrogen-bond acceptors (Lipinski definition) is 4. The van der Waals surface area contributed by atoms with Gasteiger partial charge in [-0.05, 0) is 56.9 Å². The van der Waals surface area contributed by atoms with Crippen molar-refractivity contribution in [2.75, 3.05) is 0 Å². The Morgan fingerprint density at radius 3 is 1.54 bits per heavy atom. The Hall–Kier alpha value is -6.78. The second-order valence-electron chi connectivity index (χ2n) is 12.9. The molecule has 0 spiro atoms. The summed E-state index contributed by atoms with van der Waals surface area (Å²) in [7, 11) is 0. The Morgan fingerprint density at radius 1 is 0.360 bits per heavy atom. The Kier molecular flexibility index (Phi) is 5.63. The van der Waals surface area contributed by atoms with Crippen molar-refractivity contribution in [3.8, 4) is 44.9 Å². The van der Waals surface area contributed by atoms with Crippen LogP contribution < -0.4 is 0 Å². The molecule has 0 saturated heterocycles. The third-order valence-corrected chi connectivity index (χ3v) is 10.1.